The summed E-state index contributed by atoms with van der Waals surface area (Å²) in [5, 5.41) is 14.7. The Balaban J connectivity index is 1.58. The zero-order valence-corrected chi connectivity index (χ0v) is 19.6. The van der Waals surface area contributed by atoms with E-state index in [9.17, 15) is 18.5 Å². The first-order chi connectivity index (χ1) is 15.0. The Kier molecular flexibility index (Phi) is 7.37. The van der Waals surface area contributed by atoms with Crippen LogP contribution < -0.4 is 14.9 Å². The van der Waals surface area contributed by atoms with Gasteiger partial charge < -0.3 is 10.2 Å². The first-order valence-corrected chi connectivity index (χ1v) is 12.1. The van der Waals surface area contributed by atoms with E-state index in [2.05, 4.69) is 32.0 Å². The molecule has 2 aromatic carbocycles. The zero-order chi connectivity index (χ0) is 23.4. The van der Waals surface area contributed by atoms with E-state index in [1.165, 1.54) is 17.8 Å². The van der Waals surface area contributed by atoms with Crippen LogP contribution in [0, 0.1) is 10.1 Å². The lowest BCUT2D eigenvalue weighted by Gasteiger charge is -2.36. The number of nitro groups is 1. The maximum atomic E-state index is 12.5. The van der Waals surface area contributed by atoms with Gasteiger partial charge in [-0.25, -0.2) is 13.1 Å². The molecule has 0 amide bonds. The number of benzene rings is 2. The fourth-order valence-corrected chi connectivity index (χ4v) is 5.10. The van der Waals surface area contributed by atoms with Crippen LogP contribution in [0.25, 0.3) is 0 Å². The summed E-state index contributed by atoms with van der Waals surface area (Å²) in [4.78, 5) is 15.5. The lowest BCUT2D eigenvalue weighted by Crippen LogP contribution is -2.47. The molecule has 2 N–H and O–H groups in total. The predicted molar refractivity (Wildman–Crippen MR) is 127 cm³/mol. The van der Waals surface area contributed by atoms with Crippen LogP contribution in [-0.2, 0) is 10.0 Å². The Morgan fingerprint density at radius 2 is 1.69 bits per heavy atom. The van der Waals surface area contributed by atoms with Crippen molar-refractivity contribution in [2.45, 2.75) is 31.2 Å². The Bertz CT molecular complexity index is 1030. The molecule has 9 nitrogen and oxygen atoms in total. The number of hydrogen-bond donors (Lipinski definition) is 2. The van der Waals surface area contributed by atoms with E-state index in [-0.39, 0.29) is 10.6 Å². The normalized spacial score (nSPS) is 15.5. The lowest BCUT2D eigenvalue weighted by molar-refractivity contribution is -0.384. The fraction of sp³-hybridized carbons (Fsp3) is 0.455. The maximum Gasteiger partial charge on any atom is 0.293 e. The number of rotatable bonds is 8. The molecule has 1 heterocycles. The largest absolute Gasteiger partial charge is 0.378 e. The smallest absolute Gasteiger partial charge is 0.293 e. The van der Waals surface area contributed by atoms with Crippen LogP contribution in [-0.4, -0.2) is 63.0 Å². The molecule has 32 heavy (non-hydrogen) atoms. The summed E-state index contributed by atoms with van der Waals surface area (Å²) < 4.78 is 27.6. The Labute approximate surface area is 189 Å². The van der Waals surface area contributed by atoms with Gasteiger partial charge in [-0.3, -0.25) is 15.0 Å². The van der Waals surface area contributed by atoms with Gasteiger partial charge in [-0.1, -0.05) is 18.2 Å². The fourth-order valence-electron chi connectivity index (χ4n) is 3.66. The highest BCUT2D eigenvalue weighted by Gasteiger charge is 2.25. The molecule has 0 aromatic heterocycles. The van der Waals surface area contributed by atoms with Crippen LogP contribution >= 0.6 is 0 Å². The summed E-state index contributed by atoms with van der Waals surface area (Å²) >= 11 is 0. The minimum absolute atomic E-state index is 0.123. The lowest BCUT2D eigenvalue weighted by atomic mass is 10.1. The van der Waals surface area contributed by atoms with Crippen LogP contribution in [0.2, 0.25) is 0 Å². The van der Waals surface area contributed by atoms with Gasteiger partial charge in [0.1, 0.15) is 5.69 Å². The maximum absolute atomic E-state index is 12.5. The summed E-state index contributed by atoms with van der Waals surface area (Å²) in [7, 11) is -3.85. The van der Waals surface area contributed by atoms with E-state index in [1.807, 2.05) is 18.2 Å². The molecule has 174 valence electrons. The van der Waals surface area contributed by atoms with Crippen molar-refractivity contribution < 1.29 is 13.3 Å². The van der Waals surface area contributed by atoms with Crippen molar-refractivity contribution in [3.8, 4) is 0 Å². The number of sulfonamides is 1. The standard InChI is InChI=1S/C22H31N5O4S/c1-22(2,3)24-32(30,31)19-9-10-20(21(17-19)27(28)29)23-11-12-25-13-15-26(16-14-25)18-7-5-4-6-8-18/h4-10,17,23-24H,11-16H2,1-3H3. The van der Waals surface area contributed by atoms with Crippen molar-refractivity contribution in [1.82, 2.24) is 9.62 Å². The molecule has 0 radical (unpaired) electrons. The molecule has 0 unspecified atom stereocenters. The van der Waals surface area contributed by atoms with Crippen molar-refractivity contribution in [1.29, 1.82) is 0 Å². The number of anilines is 2. The number of nitrogens with one attached hydrogen (secondary N) is 2. The second-order valence-electron chi connectivity index (χ2n) is 8.88. The number of piperazine rings is 1. The number of para-hydroxylation sites is 1. The second-order valence-corrected chi connectivity index (χ2v) is 10.6. The molecule has 0 spiro atoms. The van der Waals surface area contributed by atoms with Gasteiger partial charge in [-0.05, 0) is 45.0 Å². The van der Waals surface area contributed by atoms with Gasteiger partial charge in [-0.15, -0.1) is 0 Å². The minimum atomic E-state index is -3.85. The highest BCUT2D eigenvalue weighted by atomic mass is 32.2. The third kappa shape index (κ3) is 6.41. The van der Waals surface area contributed by atoms with Gasteiger partial charge in [0, 0.05) is 56.6 Å². The van der Waals surface area contributed by atoms with Crippen molar-refractivity contribution in [3.63, 3.8) is 0 Å². The Morgan fingerprint density at radius 3 is 2.28 bits per heavy atom. The first kappa shape index (κ1) is 24.0. The average Bonchev–Trinajstić information content (AvgIpc) is 2.73. The van der Waals surface area contributed by atoms with Crippen LogP contribution in [0.5, 0.6) is 0 Å². The summed E-state index contributed by atoms with van der Waals surface area (Å²) in [5.74, 6) is 0. The van der Waals surface area contributed by atoms with E-state index in [0.717, 1.165) is 38.8 Å². The van der Waals surface area contributed by atoms with Gasteiger partial charge in [0.25, 0.3) is 5.69 Å². The second kappa shape index (κ2) is 9.85. The van der Waals surface area contributed by atoms with Gasteiger partial charge in [0.15, 0.2) is 0 Å². The molecule has 1 aliphatic heterocycles. The molecule has 0 saturated carbocycles. The highest BCUT2D eigenvalue weighted by Crippen LogP contribution is 2.28. The third-order valence-corrected chi connectivity index (χ3v) is 6.91. The van der Waals surface area contributed by atoms with Crippen molar-refractivity contribution >= 4 is 27.1 Å². The molecule has 1 fully saturated rings. The molecule has 10 heteroatoms. The SMILES string of the molecule is CC(C)(C)NS(=O)(=O)c1ccc(NCCN2CCN(c3ccccc3)CC2)c([N+](=O)[O-])c1. The Morgan fingerprint density at radius 1 is 1.03 bits per heavy atom. The van der Waals surface area contributed by atoms with E-state index < -0.39 is 20.5 Å². The molecule has 3 rings (SSSR count). The molecule has 1 aliphatic rings. The molecule has 0 aliphatic carbocycles. The van der Waals surface area contributed by atoms with E-state index in [0.29, 0.717) is 12.2 Å². The first-order valence-electron chi connectivity index (χ1n) is 10.6. The molecule has 2 aromatic rings. The predicted octanol–water partition coefficient (Wildman–Crippen LogP) is 2.91. The average molecular weight is 462 g/mol. The van der Waals surface area contributed by atoms with Crippen LogP contribution in [0.3, 0.4) is 0 Å². The van der Waals surface area contributed by atoms with Gasteiger partial charge in [-0.2, -0.15) is 0 Å². The van der Waals surface area contributed by atoms with Crippen molar-refractivity contribution in [2.75, 3.05) is 49.5 Å². The summed E-state index contributed by atoms with van der Waals surface area (Å²) in [6.07, 6.45) is 0. The van der Waals surface area contributed by atoms with Crippen LogP contribution in [0.15, 0.2) is 53.4 Å². The summed E-state index contributed by atoms with van der Waals surface area (Å²) in [6, 6.07) is 14.3. The van der Waals surface area contributed by atoms with Crippen LogP contribution in [0.1, 0.15) is 20.8 Å². The molecule has 0 atom stereocenters. The molecular formula is C22H31N5O4S. The van der Waals surface area contributed by atoms with E-state index >= 15 is 0 Å². The number of nitrogens with zero attached hydrogens (tertiary/aromatic N) is 3. The summed E-state index contributed by atoms with van der Waals surface area (Å²) in [5.41, 5.74) is 0.593. The summed E-state index contributed by atoms with van der Waals surface area (Å²) in [6.45, 7) is 10.1. The number of hydrogen-bond acceptors (Lipinski definition) is 7. The Hall–Kier alpha value is -2.69. The van der Waals surface area contributed by atoms with E-state index in [1.54, 1.807) is 20.8 Å². The van der Waals surface area contributed by atoms with Crippen molar-refractivity contribution in [2.24, 2.45) is 0 Å². The molecule has 0 bridgehead atoms. The topological polar surface area (TPSA) is 108 Å². The van der Waals surface area contributed by atoms with Gasteiger partial charge in [0.2, 0.25) is 10.0 Å². The molecule has 1 saturated heterocycles. The van der Waals surface area contributed by atoms with Crippen molar-refractivity contribution in [3.05, 3.63) is 58.6 Å². The monoisotopic (exact) mass is 461 g/mol. The highest BCUT2D eigenvalue weighted by molar-refractivity contribution is 7.89. The van der Waals surface area contributed by atoms with Gasteiger partial charge >= 0.3 is 0 Å². The zero-order valence-electron chi connectivity index (χ0n) is 18.7. The minimum Gasteiger partial charge on any atom is -0.378 e. The molecular weight excluding hydrogens is 430 g/mol. The van der Waals surface area contributed by atoms with E-state index in [4.69, 9.17) is 0 Å². The quantitative estimate of drug-likeness (QED) is 0.460. The number of nitro benzene ring substituents is 1. The van der Waals surface area contributed by atoms with Gasteiger partial charge in [0.05, 0.1) is 9.82 Å². The third-order valence-electron chi connectivity index (χ3n) is 5.15. The van der Waals surface area contributed by atoms with Crippen LogP contribution in [0.4, 0.5) is 17.1 Å².